The summed E-state index contributed by atoms with van der Waals surface area (Å²) in [4.78, 5) is 7.25. The van der Waals surface area contributed by atoms with E-state index in [0.29, 0.717) is 12.0 Å². The summed E-state index contributed by atoms with van der Waals surface area (Å²) in [6, 6.07) is 2.90. The van der Waals surface area contributed by atoms with Gasteiger partial charge in [0.2, 0.25) is 0 Å². The predicted molar refractivity (Wildman–Crippen MR) is 87.8 cm³/mol. The summed E-state index contributed by atoms with van der Waals surface area (Å²) in [6.07, 6.45) is 4.58. The lowest BCUT2D eigenvalue weighted by molar-refractivity contribution is 0.199. The molecule has 0 bridgehead atoms. The largest absolute Gasteiger partial charge is 0.383 e. The van der Waals surface area contributed by atoms with E-state index in [2.05, 4.69) is 37.1 Å². The minimum atomic E-state index is 0.641. The Hall–Kier alpha value is -1.13. The fourth-order valence-electron chi connectivity index (χ4n) is 3.18. The average molecular weight is 291 g/mol. The van der Waals surface area contributed by atoms with Gasteiger partial charge in [-0.3, -0.25) is 0 Å². The molecular weight excluding hydrogens is 262 g/mol. The van der Waals surface area contributed by atoms with Crippen molar-refractivity contribution in [2.75, 3.05) is 31.7 Å². The number of pyridine rings is 1. The number of anilines is 1. The van der Waals surface area contributed by atoms with E-state index in [1.165, 1.54) is 29.8 Å². The van der Waals surface area contributed by atoms with E-state index in [0.717, 1.165) is 26.2 Å². The second kappa shape index (κ2) is 7.76. The lowest BCUT2D eigenvalue weighted by Crippen LogP contribution is -2.34. The van der Waals surface area contributed by atoms with E-state index in [9.17, 15) is 0 Å². The minimum Gasteiger partial charge on any atom is -0.383 e. The molecule has 4 heteroatoms. The molecule has 0 aliphatic carbocycles. The first-order valence-corrected chi connectivity index (χ1v) is 8.05. The van der Waals surface area contributed by atoms with E-state index in [1.807, 2.05) is 6.20 Å². The summed E-state index contributed by atoms with van der Waals surface area (Å²) in [5.41, 5.74) is 2.53. The molecular formula is C17H29N3O. The van der Waals surface area contributed by atoms with Gasteiger partial charge in [0.25, 0.3) is 0 Å². The van der Waals surface area contributed by atoms with Gasteiger partial charge in [-0.25, -0.2) is 4.98 Å². The third-order valence-electron chi connectivity index (χ3n) is 4.26. The molecule has 0 aromatic carbocycles. The Morgan fingerprint density at radius 1 is 1.48 bits per heavy atom. The van der Waals surface area contributed by atoms with E-state index < -0.39 is 0 Å². The van der Waals surface area contributed by atoms with Crippen molar-refractivity contribution in [3.63, 3.8) is 0 Å². The topological polar surface area (TPSA) is 37.4 Å². The number of aromatic nitrogens is 1. The fraction of sp³-hybridized carbons (Fsp3) is 0.706. The Morgan fingerprint density at radius 3 is 2.95 bits per heavy atom. The Bertz CT molecular complexity index is 448. The van der Waals surface area contributed by atoms with E-state index in [-0.39, 0.29) is 0 Å². The maximum Gasteiger partial charge on any atom is 0.131 e. The highest BCUT2D eigenvalue weighted by Gasteiger charge is 2.28. The van der Waals surface area contributed by atoms with Gasteiger partial charge in [0.05, 0.1) is 6.61 Å². The van der Waals surface area contributed by atoms with Crippen molar-refractivity contribution in [1.29, 1.82) is 0 Å². The Morgan fingerprint density at radius 2 is 2.29 bits per heavy atom. The van der Waals surface area contributed by atoms with Crippen molar-refractivity contribution < 1.29 is 4.74 Å². The van der Waals surface area contributed by atoms with Gasteiger partial charge in [-0.2, -0.15) is 0 Å². The second-order valence-corrected chi connectivity index (χ2v) is 6.30. The summed E-state index contributed by atoms with van der Waals surface area (Å²) in [5, 5.41) is 3.37. The zero-order valence-corrected chi connectivity index (χ0v) is 13.9. The van der Waals surface area contributed by atoms with Crippen LogP contribution in [0.1, 0.15) is 37.8 Å². The monoisotopic (exact) mass is 291 g/mol. The Labute approximate surface area is 128 Å². The van der Waals surface area contributed by atoms with Gasteiger partial charge >= 0.3 is 0 Å². The van der Waals surface area contributed by atoms with Crippen LogP contribution in [0, 0.1) is 12.8 Å². The van der Waals surface area contributed by atoms with Crippen LogP contribution in [0.3, 0.4) is 0 Å². The number of hydrogen-bond donors (Lipinski definition) is 1. The summed E-state index contributed by atoms with van der Waals surface area (Å²) >= 11 is 0. The van der Waals surface area contributed by atoms with Crippen molar-refractivity contribution in [3.8, 4) is 0 Å². The maximum atomic E-state index is 5.04. The lowest BCUT2D eigenvalue weighted by atomic mass is 10.0. The molecule has 1 atom stereocenters. The Balaban J connectivity index is 2.02. The molecule has 0 spiro atoms. The summed E-state index contributed by atoms with van der Waals surface area (Å²) in [5.74, 6) is 1.86. The molecule has 0 saturated carbocycles. The molecule has 1 N–H and O–H groups in total. The average Bonchev–Trinajstić information content (AvgIpc) is 2.93. The minimum absolute atomic E-state index is 0.641. The molecule has 1 aliphatic heterocycles. The van der Waals surface area contributed by atoms with Crippen molar-refractivity contribution in [3.05, 3.63) is 23.4 Å². The zero-order chi connectivity index (χ0) is 15.2. The molecule has 4 nitrogen and oxygen atoms in total. The lowest BCUT2D eigenvalue weighted by Gasteiger charge is -2.30. The highest BCUT2D eigenvalue weighted by molar-refractivity contribution is 5.49. The van der Waals surface area contributed by atoms with Gasteiger partial charge in [0.1, 0.15) is 5.82 Å². The van der Waals surface area contributed by atoms with Crippen LogP contribution >= 0.6 is 0 Å². The third-order valence-corrected chi connectivity index (χ3v) is 4.26. The first kappa shape index (κ1) is 16.2. The quantitative estimate of drug-likeness (QED) is 0.784. The second-order valence-electron chi connectivity index (χ2n) is 6.30. The van der Waals surface area contributed by atoms with Gasteiger partial charge in [-0.15, -0.1) is 0 Å². The first-order chi connectivity index (χ1) is 10.1. The van der Waals surface area contributed by atoms with Crippen LogP contribution in [-0.4, -0.2) is 37.8 Å². The number of aryl methyl sites for hydroxylation is 1. The summed E-state index contributed by atoms with van der Waals surface area (Å²) in [7, 11) is 1.73. The number of ether oxygens (including phenoxy) is 1. The highest BCUT2D eigenvalue weighted by Crippen LogP contribution is 2.30. The number of nitrogens with one attached hydrogen (secondary N) is 1. The Kier molecular flexibility index (Phi) is 6.00. The predicted octanol–water partition coefficient (Wildman–Crippen LogP) is 2.75. The van der Waals surface area contributed by atoms with Crippen LogP contribution in [0.25, 0.3) is 0 Å². The molecule has 1 aromatic rings. The molecule has 0 radical (unpaired) electrons. The number of rotatable bonds is 7. The van der Waals surface area contributed by atoms with Crippen LogP contribution in [0.4, 0.5) is 5.82 Å². The van der Waals surface area contributed by atoms with E-state index >= 15 is 0 Å². The van der Waals surface area contributed by atoms with Gasteiger partial charge in [0, 0.05) is 39.0 Å². The molecule has 1 fully saturated rings. The fourth-order valence-corrected chi connectivity index (χ4v) is 3.18. The third kappa shape index (κ3) is 4.17. The molecule has 2 rings (SSSR count). The van der Waals surface area contributed by atoms with Crippen LogP contribution < -0.4 is 10.2 Å². The molecule has 0 amide bonds. The zero-order valence-electron chi connectivity index (χ0n) is 13.9. The normalized spacial score (nSPS) is 18.7. The molecule has 1 aliphatic rings. The summed E-state index contributed by atoms with van der Waals surface area (Å²) < 4.78 is 5.04. The molecule has 1 aromatic heterocycles. The molecule has 2 heterocycles. The van der Waals surface area contributed by atoms with Crippen molar-refractivity contribution >= 4 is 5.82 Å². The van der Waals surface area contributed by atoms with Gasteiger partial charge in [-0.05, 0) is 42.9 Å². The summed E-state index contributed by atoms with van der Waals surface area (Å²) in [6.45, 7) is 10.4. The van der Waals surface area contributed by atoms with Crippen LogP contribution in [0.5, 0.6) is 0 Å². The van der Waals surface area contributed by atoms with Crippen LogP contribution in [-0.2, 0) is 11.3 Å². The van der Waals surface area contributed by atoms with Crippen molar-refractivity contribution in [2.24, 2.45) is 5.92 Å². The SMILES string of the molecule is COCCNCc1cnc(N2CCCC2C(C)C)c(C)c1. The standard InChI is InChI=1S/C17H29N3O/c1-13(2)16-6-5-8-20(16)17-14(3)10-15(12-19-17)11-18-7-9-21-4/h10,12-13,16,18H,5-9,11H2,1-4H3. The van der Waals surface area contributed by atoms with Crippen molar-refractivity contribution in [2.45, 2.75) is 46.2 Å². The van der Waals surface area contributed by atoms with Gasteiger partial charge in [0.15, 0.2) is 0 Å². The number of methoxy groups -OCH3 is 1. The van der Waals surface area contributed by atoms with E-state index in [4.69, 9.17) is 9.72 Å². The maximum absolute atomic E-state index is 5.04. The molecule has 1 saturated heterocycles. The van der Waals surface area contributed by atoms with Crippen LogP contribution in [0.2, 0.25) is 0 Å². The van der Waals surface area contributed by atoms with Crippen LogP contribution in [0.15, 0.2) is 12.3 Å². The molecule has 118 valence electrons. The first-order valence-electron chi connectivity index (χ1n) is 8.05. The molecule has 1 unspecified atom stereocenters. The smallest absolute Gasteiger partial charge is 0.131 e. The van der Waals surface area contributed by atoms with E-state index in [1.54, 1.807) is 7.11 Å². The number of nitrogens with zero attached hydrogens (tertiary/aromatic N) is 2. The van der Waals surface area contributed by atoms with Gasteiger partial charge in [-0.1, -0.05) is 13.8 Å². The van der Waals surface area contributed by atoms with Crippen molar-refractivity contribution in [1.82, 2.24) is 10.3 Å². The van der Waals surface area contributed by atoms with Gasteiger partial charge < -0.3 is 15.0 Å². The molecule has 21 heavy (non-hydrogen) atoms. The highest BCUT2D eigenvalue weighted by atomic mass is 16.5. The number of hydrogen-bond acceptors (Lipinski definition) is 4.